The summed E-state index contributed by atoms with van der Waals surface area (Å²) in [4.78, 5) is 21.9. The predicted molar refractivity (Wildman–Crippen MR) is 141 cm³/mol. The van der Waals surface area contributed by atoms with Crippen LogP contribution in [0.5, 0.6) is 11.8 Å². The molecule has 8 nitrogen and oxygen atoms in total. The van der Waals surface area contributed by atoms with Crippen molar-refractivity contribution in [3.8, 4) is 11.8 Å². The first-order chi connectivity index (χ1) is 15.9. The maximum atomic E-state index is 11.9. The molecule has 0 saturated carbocycles. The summed E-state index contributed by atoms with van der Waals surface area (Å²) in [5, 5.41) is 3.30. The van der Waals surface area contributed by atoms with Gasteiger partial charge in [-0.25, -0.2) is 14.8 Å². The van der Waals surface area contributed by atoms with Gasteiger partial charge in [-0.2, -0.15) is 0 Å². The number of hydrogen-bond donors (Lipinski definition) is 1. The average Bonchev–Trinajstić information content (AvgIpc) is 2.81. The third-order valence-corrected chi connectivity index (χ3v) is 5.23. The van der Waals surface area contributed by atoms with Gasteiger partial charge in [0, 0.05) is 50.5 Å². The second-order valence-electron chi connectivity index (χ2n) is 9.19. The number of nitrogens with one attached hydrogen (secondary N) is 1. The second kappa shape index (κ2) is 15.7. The molecule has 35 heavy (non-hydrogen) atoms. The second-order valence-corrected chi connectivity index (χ2v) is 9.19. The van der Waals surface area contributed by atoms with Crippen LogP contribution in [0.15, 0.2) is 48.8 Å². The Balaban J connectivity index is 0.000000356. The van der Waals surface area contributed by atoms with E-state index in [9.17, 15) is 4.79 Å². The summed E-state index contributed by atoms with van der Waals surface area (Å²) in [6.07, 6.45) is 7.45. The smallest absolute Gasteiger partial charge is 0.410 e. The number of carbonyl (C=O) groups excluding carboxylic acids is 1. The molecule has 0 unspecified atom stereocenters. The molecule has 0 aliphatic carbocycles. The normalized spacial score (nSPS) is 16.5. The van der Waals surface area contributed by atoms with Gasteiger partial charge >= 0.3 is 6.09 Å². The van der Waals surface area contributed by atoms with Gasteiger partial charge in [-0.1, -0.05) is 12.1 Å². The van der Waals surface area contributed by atoms with Gasteiger partial charge in [0.05, 0.1) is 0 Å². The van der Waals surface area contributed by atoms with Gasteiger partial charge in [0.25, 0.3) is 0 Å². The van der Waals surface area contributed by atoms with E-state index in [0.717, 1.165) is 44.7 Å². The number of pyridine rings is 2. The number of carbonyl (C=O) groups is 1. The fourth-order valence-corrected chi connectivity index (χ4v) is 3.57. The summed E-state index contributed by atoms with van der Waals surface area (Å²) in [5.74, 6) is 1.39. The average molecular weight is 530 g/mol. The molecular weight excluding hydrogens is 491 g/mol. The van der Waals surface area contributed by atoms with Crippen LogP contribution in [0.3, 0.4) is 0 Å². The summed E-state index contributed by atoms with van der Waals surface area (Å²) >= 11 is 0. The minimum Gasteiger partial charge on any atom is -0.474 e. The number of amides is 1. The summed E-state index contributed by atoms with van der Waals surface area (Å²) in [6.45, 7) is 9.05. The summed E-state index contributed by atoms with van der Waals surface area (Å²) in [5.41, 5.74) is -0.446. The SMILES string of the molecule is CC(C)(C)OC(=O)N1CCC(Oc2ccccn2)CC1.Cl.Cl.c1ccc(OC2CCNCC2)nc1. The van der Waals surface area contributed by atoms with Crippen LogP contribution in [0, 0.1) is 0 Å². The molecule has 2 aromatic rings. The standard InChI is InChI=1S/C15H22N2O3.C10H14N2O.2ClH/c1-15(2,3)20-14(18)17-10-7-12(8-11-17)19-13-6-4-5-9-16-13;1-2-6-12-10(3-1)13-9-4-7-11-8-5-9;;/h4-6,9,12H,7-8,10-11H2,1-3H3;1-3,6,9,11H,4-5,7-8H2;2*1H. The maximum Gasteiger partial charge on any atom is 0.410 e. The number of hydrogen-bond acceptors (Lipinski definition) is 7. The lowest BCUT2D eigenvalue weighted by molar-refractivity contribution is 0.0123. The van der Waals surface area contributed by atoms with Crippen molar-refractivity contribution in [2.24, 2.45) is 0 Å². The zero-order valence-electron chi connectivity index (χ0n) is 20.7. The molecule has 2 fully saturated rings. The lowest BCUT2D eigenvalue weighted by Crippen LogP contribution is -2.44. The third kappa shape index (κ3) is 11.8. The van der Waals surface area contributed by atoms with Gasteiger partial charge in [-0.15, -0.1) is 24.8 Å². The third-order valence-electron chi connectivity index (χ3n) is 5.23. The van der Waals surface area contributed by atoms with E-state index in [-0.39, 0.29) is 37.0 Å². The highest BCUT2D eigenvalue weighted by Crippen LogP contribution is 2.19. The molecular formula is C25H38Cl2N4O4. The minimum absolute atomic E-state index is 0. The van der Waals surface area contributed by atoms with E-state index in [0.29, 0.717) is 25.1 Å². The molecule has 1 N–H and O–H groups in total. The minimum atomic E-state index is -0.446. The highest BCUT2D eigenvalue weighted by atomic mass is 35.5. The summed E-state index contributed by atoms with van der Waals surface area (Å²) in [7, 11) is 0. The number of aromatic nitrogens is 2. The summed E-state index contributed by atoms with van der Waals surface area (Å²) < 4.78 is 16.9. The van der Waals surface area contributed by atoms with Crippen LogP contribution in [-0.2, 0) is 4.74 Å². The maximum absolute atomic E-state index is 11.9. The van der Waals surface area contributed by atoms with Crippen LogP contribution in [0.2, 0.25) is 0 Å². The number of piperidine rings is 2. The molecule has 0 atom stereocenters. The molecule has 0 radical (unpaired) electrons. The lowest BCUT2D eigenvalue weighted by Gasteiger charge is -2.33. The van der Waals surface area contributed by atoms with E-state index in [1.807, 2.05) is 57.2 Å². The first-order valence-electron chi connectivity index (χ1n) is 11.7. The fraction of sp³-hybridized carbons (Fsp3) is 0.560. The van der Waals surface area contributed by atoms with Crippen molar-refractivity contribution in [3.05, 3.63) is 48.8 Å². The number of ether oxygens (including phenoxy) is 3. The van der Waals surface area contributed by atoms with Gasteiger partial charge in [0.15, 0.2) is 0 Å². The van der Waals surface area contributed by atoms with Gasteiger partial charge in [0.1, 0.15) is 17.8 Å². The fourth-order valence-electron chi connectivity index (χ4n) is 3.57. The molecule has 0 spiro atoms. The molecule has 2 aromatic heterocycles. The molecule has 4 rings (SSSR count). The van der Waals surface area contributed by atoms with Crippen molar-refractivity contribution in [2.75, 3.05) is 26.2 Å². The number of likely N-dealkylation sites (tertiary alicyclic amines) is 1. The van der Waals surface area contributed by atoms with Crippen molar-refractivity contribution < 1.29 is 19.0 Å². The van der Waals surface area contributed by atoms with Crippen molar-refractivity contribution in [3.63, 3.8) is 0 Å². The zero-order valence-corrected chi connectivity index (χ0v) is 22.4. The molecule has 0 bridgehead atoms. The molecule has 2 saturated heterocycles. The van der Waals surface area contributed by atoms with Crippen LogP contribution in [0.1, 0.15) is 46.5 Å². The summed E-state index contributed by atoms with van der Waals surface area (Å²) in [6, 6.07) is 11.4. The Labute approximate surface area is 221 Å². The molecule has 0 aromatic carbocycles. The molecule has 1 amide bonds. The quantitative estimate of drug-likeness (QED) is 0.602. The van der Waals surface area contributed by atoms with Crippen LogP contribution in [0.25, 0.3) is 0 Å². The first kappa shape index (κ1) is 30.7. The van der Waals surface area contributed by atoms with Crippen molar-refractivity contribution >= 4 is 30.9 Å². The van der Waals surface area contributed by atoms with E-state index in [1.54, 1.807) is 17.3 Å². The van der Waals surface area contributed by atoms with E-state index in [2.05, 4.69) is 15.3 Å². The molecule has 2 aliphatic heterocycles. The molecule has 10 heteroatoms. The Kier molecular flexibility index (Phi) is 13.7. The number of nitrogens with zero attached hydrogens (tertiary/aromatic N) is 3. The number of rotatable bonds is 4. The Morgan fingerprint density at radius 3 is 1.77 bits per heavy atom. The van der Waals surface area contributed by atoms with Gasteiger partial charge in [-0.05, 0) is 58.8 Å². The number of halogens is 2. The van der Waals surface area contributed by atoms with Crippen LogP contribution in [0.4, 0.5) is 4.79 Å². The molecule has 4 heterocycles. The van der Waals surface area contributed by atoms with Crippen molar-refractivity contribution in [1.82, 2.24) is 20.2 Å². The van der Waals surface area contributed by atoms with E-state index >= 15 is 0 Å². The van der Waals surface area contributed by atoms with Crippen LogP contribution < -0.4 is 14.8 Å². The Bertz CT molecular complexity index is 826. The lowest BCUT2D eigenvalue weighted by atomic mass is 10.1. The highest BCUT2D eigenvalue weighted by Gasteiger charge is 2.27. The largest absolute Gasteiger partial charge is 0.474 e. The van der Waals surface area contributed by atoms with E-state index in [4.69, 9.17) is 14.2 Å². The van der Waals surface area contributed by atoms with Crippen molar-refractivity contribution in [1.29, 1.82) is 0 Å². The Morgan fingerprint density at radius 2 is 1.34 bits per heavy atom. The highest BCUT2D eigenvalue weighted by molar-refractivity contribution is 5.85. The van der Waals surface area contributed by atoms with Gasteiger partial charge in [0.2, 0.25) is 11.8 Å². The molecule has 196 valence electrons. The topological polar surface area (TPSA) is 85.8 Å². The van der Waals surface area contributed by atoms with Gasteiger partial charge < -0.3 is 24.4 Å². The van der Waals surface area contributed by atoms with E-state index < -0.39 is 5.60 Å². The zero-order chi connectivity index (χ0) is 23.5. The van der Waals surface area contributed by atoms with Crippen LogP contribution >= 0.6 is 24.8 Å². The van der Waals surface area contributed by atoms with Crippen molar-refractivity contribution in [2.45, 2.75) is 64.3 Å². The monoisotopic (exact) mass is 528 g/mol. The van der Waals surface area contributed by atoms with E-state index in [1.165, 1.54) is 0 Å². The van der Waals surface area contributed by atoms with Gasteiger partial charge in [-0.3, -0.25) is 0 Å². The Morgan fingerprint density at radius 1 is 0.857 bits per heavy atom. The predicted octanol–water partition coefficient (Wildman–Crippen LogP) is 4.92. The molecule has 2 aliphatic rings. The van der Waals surface area contributed by atoms with Crippen LogP contribution in [-0.4, -0.2) is 64.9 Å². The Hall–Kier alpha value is -2.29. The first-order valence-corrected chi connectivity index (χ1v) is 11.7.